The van der Waals surface area contributed by atoms with E-state index in [1.165, 1.54) is 19.8 Å². The molecule has 10 heteroatoms. The van der Waals surface area contributed by atoms with Crippen molar-refractivity contribution in [3.8, 4) is 0 Å². The van der Waals surface area contributed by atoms with Crippen LogP contribution < -0.4 is 5.32 Å². The van der Waals surface area contributed by atoms with E-state index in [0.29, 0.717) is 24.8 Å². The number of ether oxygens (including phenoxy) is 4. The summed E-state index contributed by atoms with van der Waals surface area (Å²) in [7, 11) is 0. The standard InChI is InChI=1S/C39H64N2O8/c1-23-21-25(32(35(5,6)45)47-24(2)42)48-30-29(23)36(7)13-14-39-22-38(39)12-11-28(49-33(44)40-15-16-41-17-19-46-20-18-41)34(3,4)26(38)9-10-27(39)37(36,8)31(30)43/h23,25-32,43,45H,9-22H2,1-8H3,(H,40,44)/t23-,25?,26+,27?,28?,29+,30?,31+,32+,36-,37-,38-,39+/m1/s1. The van der Waals surface area contributed by atoms with Gasteiger partial charge in [0.1, 0.15) is 6.10 Å². The quantitative estimate of drug-likeness (QED) is 0.319. The topological polar surface area (TPSA) is 127 Å². The summed E-state index contributed by atoms with van der Waals surface area (Å²) in [5, 5.41) is 26.6. The molecule has 3 N–H and O–H groups in total. The largest absolute Gasteiger partial charge is 0.457 e. The van der Waals surface area contributed by atoms with Crippen LogP contribution in [0, 0.1) is 50.7 Å². The van der Waals surface area contributed by atoms with Gasteiger partial charge in [-0.1, -0.05) is 34.6 Å². The van der Waals surface area contributed by atoms with Crippen molar-refractivity contribution in [3.05, 3.63) is 0 Å². The number of aliphatic hydroxyl groups excluding tert-OH is 1. The smallest absolute Gasteiger partial charge is 0.407 e. The van der Waals surface area contributed by atoms with E-state index in [-0.39, 0.29) is 57.2 Å². The van der Waals surface area contributed by atoms with E-state index >= 15 is 0 Å². The number of esters is 1. The highest BCUT2D eigenvalue weighted by atomic mass is 16.6. The molecule has 7 rings (SSSR count). The van der Waals surface area contributed by atoms with Gasteiger partial charge in [-0.05, 0) is 105 Å². The van der Waals surface area contributed by atoms with Crippen molar-refractivity contribution in [1.29, 1.82) is 0 Å². The molecule has 0 aromatic carbocycles. The molecule has 2 saturated heterocycles. The van der Waals surface area contributed by atoms with Gasteiger partial charge in [0.25, 0.3) is 0 Å². The molecule has 2 aliphatic heterocycles. The molecule has 0 bridgehead atoms. The Morgan fingerprint density at radius 3 is 2.37 bits per heavy atom. The molecule has 7 aliphatic rings. The Bertz CT molecular complexity index is 1300. The first-order valence-corrected chi connectivity index (χ1v) is 19.4. The lowest BCUT2D eigenvalue weighted by Crippen LogP contribution is -2.60. The summed E-state index contributed by atoms with van der Waals surface area (Å²) in [5.74, 6) is 0.863. The van der Waals surface area contributed by atoms with E-state index in [4.69, 9.17) is 18.9 Å². The second-order valence-electron chi connectivity index (χ2n) is 19.0. The van der Waals surface area contributed by atoms with Gasteiger partial charge < -0.3 is 34.5 Å². The van der Waals surface area contributed by atoms with Gasteiger partial charge in [0.2, 0.25) is 0 Å². The maximum absolute atomic E-state index is 13.0. The van der Waals surface area contributed by atoms with Crippen LogP contribution in [0.1, 0.15) is 107 Å². The van der Waals surface area contributed by atoms with Crippen LogP contribution in [0.4, 0.5) is 4.79 Å². The second kappa shape index (κ2) is 12.0. The fraction of sp³-hybridized carbons (Fsp3) is 0.949. The van der Waals surface area contributed by atoms with E-state index in [1.54, 1.807) is 13.8 Å². The molecule has 1 amide bonds. The third-order valence-electron chi connectivity index (χ3n) is 16.1. The first kappa shape index (κ1) is 35.9. The number of fused-ring (bicyclic) bond motifs is 4. The Hall–Kier alpha value is -1.46. The third-order valence-corrected chi connectivity index (χ3v) is 16.1. The number of hydrogen-bond donors (Lipinski definition) is 3. The monoisotopic (exact) mass is 688 g/mol. The van der Waals surface area contributed by atoms with Crippen molar-refractivity contribution in [2.45, 2.75) is 143 Å². The molecule has 2 heterocycles. The van der Waals surface area contributed by atoms with Crippen LogP contribution in [0.15, 0.2) is 0 Å². The SMILES string of the molecule is CC(=O)O[C@@H](C1C[C@@H](C)[C@H]2C(O1)[C@H](O)[C@@]1(C)C3CC[C@H]4C(C)(C)C(OC(=O)NCCN5CCOCC5)CC[C@@]45C[C@@]35CC[C@]21C)C(C)(C)O. The van der Waals surface area contributed by atoms with Gasteiger partial charge in [-0.25, -0.2) is 4.79 Å². The lowest BCUT2D eigenvalue weighted by Gasteiger charge is -2.63. The summed E-state index contributed by atoms with van der Waals surface area (Å²) in [4.78, 5) is 27.4. The Labute approximate surface area is 293 Å². The second-order valence-corrected chi connectivity index (χ2v) is 19.0. The summed E-state index contributed by atoms with van der Waals surface area (Å²) < 4.78 is 24.2. The lowest BCUT2D eigenvalue weighted by atomic mass is 9.41. The van der Waals surface area contributed by atoms with E-state index in [2.05, 4.69) is 44.8 Å². The average molecular weight is 689 g/mol. The molecule has 7 fully saturated rings. The van der Waals surface area contributed by atoms with Crippen molar-refractivity contribution >= 4 is 12.1 Å². The number of amides is 1. The van der Waals surface area contributed by atoms with Gasteiger partial charge in [-0.15, -0.1) is 0 Å². The maximum atomic E-state index is 13.0. The number of aliphatic hydroxyl groups is 2. The minimum absolute atomic E-state index is 0.0885. The summed E-state index contributed by atoms with van der Waals surface area (Å²) in [5.41, 5.74) is -1.39. The molecular formula is C39H64N2O8. The highest BCUT2D eigenvalue weighted by molar-refractivity contribution is 5.67. The van der Waals surface area contributed by atoms with Crippen molar-refractivity contribution in [2.24, 2.45) is 50.7 Å². The minimum Gasteiger partial charge on any atom is -0.457 e. The number of rotatable bonds is 7. The fourth-order valence-corrected chi connectivity index (χ4v) is 13.9. The van der Waals surface area contributed by atoms with Gasteiger partial charge >= 0.3 is 12.1 Å². The zero-order valence-corrected chi connectivity index (χ0v) is 31.4. The molecule has 0 aromatic heterocycles. The summed E-state index contributed by atoms with van der Waals surface area (Å²) >= 11 is 0. The van der Waals surface area contributed by atoms with Crippen molar-refractivity contribution in [3.63, 3.8) is 0 Å². The van der Waals surface area contributed by atoms with E-state index in [9.17, 15) is 19.8 Å². The van der Waals surface area contributed by atoms with Crippen LogP contribution in [-0.2, 0) is 23.7 Å². The molecule has 278 valence electrons. The number of carbonyl (C=O) groups is 2. The maximum Gasteiger partial charge on any atom is 0.407 e. The highest BCUT2D eigenvalue weighted by Gasteiger charge is 2.84. The normalized spacial score (nSPS) is 47.7. The lowest BCUT2D eigenvalue weighted by molar-refractivity contribution is -0.216. The minimum atomic E-state index is -1.27. The van der Waals surface area contributed by atoms with Gasteiger partial charge in [0.15, 0.2) is 6.10 Å². The Balaban J connectivity index is 1.07. The van der Waals surface area contributed by atoms with Crippen LogP contribution >= 0.6 is 0 Å². The summed E-state index contributed by atoms with van der Waals surface area (Å²) in [6, 6.07) is 0. The molecule has 4 unspecified atom stereocenters. The Morgan fingerprint density at radius 2 is 1.69 bits per heavy atom. The highest BCUT2D eigenvalue weighted by Crippen LogP contribution is 2.89. The number of morpholine rings is 1. The number of nitrogens with zero attached hydrogens (tertiary/aromatic N) is 1. The molecule has 10 nitrogen and oxygen atoms in total. The number of hydrogen-bond acceptors (Lipinski definition) is 9. The Morgan fingerprint density at radius 1 is 1.02 bits per heavy atom. The molecule has 5 aliphatic carbocycles. The van der Waals surface area contributed by atoms with Crippen LogP contribution in [0.25, 0.3) is 0 Å². The zero-order chi connectivity index (χ0) is 35.4. The number of carbonyl (C=O) groups excluding carboxylic acids is 2. The van der Waals surface area contributed by atoms with Gasteiger partial charge in [0.05, 0.1) is 37.1 Å². The summed E-state index contributed by atoms with van der Waals surface area (Å²) in [6.07, 6.45) is 5.53. The molecule has 49 heavy (non-hydrogen) atoms. The average Bonchev–Trinajstić information content (AvgIpc) is 3.66. The van der Waals surface area contributed by atoms with E-state index in [1.807, 2.05) is 0 Å². The van der Waals surface area contributed by atoms with Crippen molar-refractivity contribution in [1.82, 2.24) is 10.2 Å². The molecule has 5 saturated carbocycles. The van der Waals surface area contributed by atoms with Crippen molar-refractivity contribution < 1.29 is 38.7 Å². The van der Waals surface area contributed by atoms with Crippen molar-refractivity contribution in [2.75, 3.05) is 39.4 Å². The molecule has 13 atom stereocenters. The number of nitrogens with one attached hydrogen (secondary N) is 1. The third kappa shape index (κ3) is 5.26. The molecule has 0 aromatic rings. The first-order valence-electron chi connectivity index (χ1n) is 19.4. The summed E-state index contributed by atoms with van der Waals surface area (Å²) in [6.45, 7) is 21.2. The first-order chi connectivity index (χ1) is 22.9. The fourth-order valence-electron chi connectivity index (χ4n) is 13.9. The molecular weight excluding hydrogens is 624 g/mol. The van der Waals surface area contributed by atoms with Gasteiger partial charge in [-0.2, -0.15) is 0 Å². The Kier molecular flexibility index (Phi) is 8.83. The van der Waals surface area contributed by atoms with Crippen LogP contribution in [0.2, 0.25) is 0 Å². The predicted octanol–water partition coefficient (Wildman–Crippen LogP) is 4.93. The van der Waals surface area contributed by atoms with E-state index < -0.39 is 29.9 Å². The molecule has 2 spiro atoms. The zero-order valence-electron chi connectivity index (χ0n) is 31.4. The predicted molar refractivity (Wildman–Crippen MR) is 183 cm³/mol. The van der Waals surface area contributed by atoms with Gasteiger partial charge in [0, 0.05) is 43.9 Å². The molecule has 0 radical (unpaired) electrons. The van der Waals surface area contributed by atoms with Crippen LogP contribution in [0.5, 0.6) is 0 Å². The van der Waals surface area contributed by atoms with Crippen LogP contribution in [-0.4, -0.2) is 103 Å². The van der Waals surface area contributed by atoms with Gasteiger partial charge in [-0.3, -0.25) is 9.69 Å². The van der Waals surface area contributed by atoms with E-state index in [0.717, 1.165) is 65.0 Å². The number of alkyl carbamates (subject to hydrolysis) is 1. The van der Waals surface area contributed by atoms with Crippen LogP contribution in [0.3, 0.4) is 0 Å².